The van der Waals surface area contributed by atoms with Crippen LogP contribution in [0.1, 0.15) is 252 Å². The van der Waals surface area contributed by atoms with Gasteiger partial charge in [-0.25, -0.2) is 4.79 Å². The summed E-state index contributed by atoms with van der Waals surface area (Å²) in [6, 6.07) is 0. The Morgan fingerprint density at radius 1 is 0.466 bits per heavy atom. The average molecular weight is 1030 g/mol. The zero-order chi connectivity index (χ0) is 53.3. The van der Waals surface area contributed by atoms with E-state index in [1.54, 1.807) is 0 Å². The molecule has 3 N–H and O–H groups in total. The standard InChI is InChI=1S/C61H104O12/c1-4-7-10-13-16-19-22-25-26-27-28-31-32-35-38-41-44-47-53(62)69-50-52(71-54(63)48-45-42-39-36-33-29-23-20-17-14-11-8-5-2)51-70-61-59(57(66)56(65)58(73-61)60(67)68)72-55(64)49-46-43-40-37-34-30-24-21-18-15-12-9-6-3/h9,12,16,18-19,21,25-26,30,34,52,56-59,61,65-66H,4-8,10-11,13-15,17,20,22-24,27-29,31-33,35-51H2,1-3H3,(H,67,68)/b12-9-,19-16-,21-18-,26-25-,34-30-. The Kier molecular flexibility index (Phi) is 45.5. The highest BCUT2D eigenvalue weighted by Gasteiger charge is 2.50. The van der Waals surface area contributed by atoms with Crippen molar-refractivity contribution in [2.24, 2.45) is 0 Å². The van der Waals surface area contributed by atoms with Crippen LogP contribution in [0.5, 0.6) is 0 Å². The molecule has 0 aromatic carbocycles. The van der Waals surface area contributed by atoms with E-state index >= 15 is 0 Å². The van der Waals surface area contributed by atoms with Crippen molar-refractivity contribution in [1.29, 1.82) is 0 Å². The molecule has 0 saturated carbocycles. The zero-order valence-electron chi connectivity index (χ0n) is 46.1. The van der Waals surface area contributed by atoms with Gasteiger partial charge in [0.1, 0.15) is 18.8 Å². The number of carboxylic acids is 1. The molecule has 1 rings (SSSR count). The summed E-state index contributed by atoms with van der Waals surface area (Å²) in [4.78, 5) is 51.0. The van der Waals surface area contributed by atoms with E-state index in [1.807, 2.05) is 0 Å². The third-order valence-corrected chi connectivity index (χ3v) is 13.1. The summed E-state index contributed by atoms with van der Waals surface area (Å²) in [5.74, 6) is -3.16. The lowest BCUT2D eigenvalue weighted by Crippen LogP contribution is -2.61. The van der Waals surface area contributed by atoms with Crippen molar-refractivity contribution in [2.75, 3.05) is 13.2 Å². The fourth-order valence-electron chi connectivity index (χ4n) is 8.59. The molecule has 6 atom stereocenters. The summed E-state index contributed by atoms with van der Waals surface area (Å²) >= 11 is 0. The van der Waals surface area contributed by atoms with Gasteiger partial charge in [-0.2, -0.15) is 0 Å². The molecule has 1 heterocycles. The number of carboxylic acid groups (broad SMARTS) is 1. The van der Waals surface area contributed by atoms with E-state index in [4.69, 9.17) is 23.7 Å². The molecule has 73 heavy (non-hydrogen) atoms. The molecule has 0 aromatic rings. The summed E-state index contributed by atoms with van der Waals surface area (Å²) in [5, 5.41) is 31.4. The number of carbonyl (C=O) groups is 4. The van der Waals surface area contributed by atoms with Crippen molar-refractivity contribution < 1.29 is 58.2 Å². The molecule has 0 aliphatic carbocycles. The first-order chi connectivity index (χ1) is 35.6. The van der Waals surface area contributed by atoms with Gasteiger partial charge in [-0.3, -0.25) is 14.4 Å². The van der Waals surface area contributed by atoms with Gasteiger partial charge < -0.3 is 39.0 Å². The number of aliphatic hydroxyl groups excluding tert-OH is 2. The summed E-state index contributed by atoms with van der Waals surface area (Å²) in [6.45, 7) is 5.83. The van der Waals surface area contributed by atoms with Gasteiger partial charge >= 0.3 is 23.9 Å². The van der Waals surface area contributed by atoms with Crippen molar-refractivity contribution in [3.8, 4) is 0 Å². The molecule has 1 fully saturated rings. The highest BCUT2D eigenvalue weighted by molar-refractivity contribution is 5.74. The first-order valence-electron chi connectivity index (χ1n) is 29.3. The van der Waals surface area contributed by atoms with E-state index in [-0.39, 0.29) is 25.9 Å². The minimum Gasteiger partial charge on any atom is -0.479 e. The van der Waals surface area contributed by atoms with Crippen LogP contribution in [0.25, 0.3) is 0 Å². The number of aliphatic hydroxyl groups is 2. The van der Waals surface area contributed by atoms with Crippen molar-refractivity contribution in [2.45, 2.75) is 289 Å². The maximum absolute atomic E-state index is 13.1. The second kappa shape index (κ2) is 49.3. The van der Waals surface area contributed by atoms with Gasteiger partial charge in [0.25, 0.3) is 0 Å². The number of ether oxygens (including phenoxy) is 5. The highest BCUT2D eigenvalue weighted by atomic mass is 16.7. The van der Waals surface area contributed by atoms with E-state index in [0.717, 1.165) is 96.3 Å². The molecule has 420 valence electrons. The number of esters is 3. The molecule has 1 saturated heterocycles. The lowest BCUT2D eigenvalue weighted by molar-refractivity contribution is -0.301. The average Bonchev–Trinajstić information content (AvgIpc) is 3.37. The monoisotopic (exact) mass is 1030 g/mol. The van der Waals surface area contributed by atoms with Crippen LogP contribution in [0.3, 0.4) is 0 Å². The number of hydrogen-bond acceptors (Lipinski definition) is 11. The highest BCUT2D eigenvalue weighted by Crippen LogP contribution is 2.26. The molecule has 0 radical (unpaired) electrons. The van der Waals surface area contributed by atoms with E-state index in [0.29, 0.717) is 19.3 Å². The predicted octanol–water partition coefficient (Wildman–Crippen LogP) is 14.8. The molecule has 12 nitrogen and oxygen atoms in total. The first-order valence-corrected chi connectivity index (χ1v) is 29.3. The molecule has 0 aromatic heterocycles. The van der Waals surface area contributed by atoms with Crippen LogP contribution in [0.15, 0.2) is 60.8 Å². The Hall–Kier alpha value is -3.58. The van der Waals surface area contributed by atoms with Crippen molar-refractivity contribution in [3.05, 3.63) is 60.8 Å². The molecule has 1 aliphatic heterocycles. The van der Waals surface area contributed by atoms with E-state index in [9.17, 15) is 34.5 Å². The van der Waals surface area contributed by atoms with Gasteiger partial charge in [-0.05, 0) is 83.5 Å². The number of aliphatic carboxylic acids is 1. The number of hydrogen-bond donors (Lipinski definition) is 3. The van der Waals surface area contributed by atoms with Crippen LogP contribution in [0.4, 0.5) is 0 Å². The second-order valence-electron chi connectivity index (χ2n) is 19.9. The SMILES string of the molecule is CC/C=C\C/C=C\C/C=C\CCCCCC(=O)OC1C(OCC(COC(=O)CCCCCCCCC/C=C\C/C=C\CCCCC)OC(=O)CCCCCCCCCCCCCCC)OC(C(=O)O)C(O)C1O. The molecule has 0 amide bonds. The van der Waals surface area contributed by atoms with Crippen LogP contribution in [-0.4, -0.2) is 89.2 Å². The largest absolute Gasteiger partial charge is 0.479 e. The summed E-state index contributed by atoms with van der Waals surface area (Å²) in [6.07, 6.45) is 47.6. The molecular formula is C61H104O12. The maximum atomic E-state index is 13.1. The fourth-order valence-corrected chi connectivity index (χ4v) is 8.59. The van der Waals surface area contributed by atoms with Gasteiger partial charge in [0.05, 0.1) is 6.61 Å². The number of unbranched alkanes of at least 4 members (excludes halogenated alkanes) is 25. The summed E-state index contributed by atoms with van der Waals surface area (Å²) in [7, 11) is 0. The Balaban J connectivity index is 2.70. The molecule has 1 aliphatic rings. The maximum Gasteiger partial charge on any atom is 0.335 e. The van der Waals surface area contributed by atoms with Crippen LogP contribution in [0.2, 0.25) is 0 Å². The molecule has 12 heteroatoms. The van der Waals surface area contributed by atoms with Gasteiger partial charge in [-0.15, -0.1) is 0 Å². The van der Waals surface area contributed by atoms with Gasteiger partial charge in [-0.1, -0.05) is 210 Å². The lowest BCUT2D eigenvalue weighted by Gasteiger charge is -2.40. The number of allylic oxidation sites excluding steroid dienone is 10. The Labute approximate surface area is 443 Å². The van der Waals surface area contributed by atoms with Gasteiger partial charge in [0.2, 0.25) is 0 Å². The van der Waals surface area contributed by atoms with Crippen LogP contribution in [-0.2, 0) is 42.9 Å². The number of rotatable bonds is 49. The Morgan fingerprint density at radius 2 is 0.863 bits per heavy atom. The van der Waals surface area contributed by atoms with Crippen LogP contribution < -0.4 is 0 Å². The quantitative estimate of drug-likeness (QED) is 0.0228. The van der Waals surface area contributed by atoms with Crippen molar-refractivity contribution >= 4 is 23.9 Å². The minimum atomic E-state index is -1.91. The molecular weight excluding hydrogens is 925 g/mol. The van der Waals surface area contributed by atoms with Crippen molar-refractivity contribution in [1.82, 2.24) is 0 Å². The van der Waals surface area contributed by atoms with Crippen LogP contribution in [0, 0.1) is 0 Å². The summed E-state index contributed by atoms with van der Waals surface area (Å²) in [5.41, 5.74) is 0. The molecule has 0 bridgehead atoms. The first kappa shape index (κ1) is 67.4. The Bertz CT molecular complexity index is 1500. The van der Waals surface area contributed by atoms with Gasteiger partial charge in [0.15, 0.2) is 24.6 Å². The lowest BCUT2D eigenvalue weighted by atomic mass is 9.98. The smallest absolute Gasteiger partial charge is 0.335 e. The van der Waals surface area contributed by atoms with E-state index in [2.05, 4.69) is 81.5 Å². The third-order valence-electron chi connectivity index (χ3n) is 13.1. The topological polar surface area (TPSA) is 175 Å². The minimum absolute atomic E-state index is 0.0249. The third kappa shape index (κ3) is 39.5. The zero-order valence-corrected chi connectivity index (χ0v) is 46.1. The normalized spacial score (nSPS) is 18.7. The number of carbonyl (C=O) groups excluding carboxylic acids is 3. The Morgan fingerprint density at radius 3 is 1.36 bits per heavy atom. The summed E-state index contributed by atoms with van der Waals surface area (Å²) < 4.78 is 28.4. The van der Waals surface area contributed by atoms with E-state index in [1.165, 1.54) is 96.3 Å². The fraction of sp³-hybridized carbons (Fsp3) is 0.770. The van der Waals surface area contributed by atoms with Crippen LogP contribution >= 0.6 is 0 Å². The molecule has 6 unspecified atom stereocenters. The van der Waals surface area contributed by atoms with Gasteiger partial charge in [0, 0.05) is 19.3 Å². The van der Waals surface area contributed by atoms with E-state index < -0.39 is 67.3 Å². The molecule has 0 spiro atoms. The van der Waals surface area contributed by atoms with Crippen molar-refractivity contribution in [3.63, 3.8) is 0 Å². The predicted molar refractivity (Wildman–Crippen MR) is 294 cm³/mol. The second-order valence-corrected chi connectivity index (χ2v) is 19.9.